The van der Waals surface area contributed by atoms with Gasteiger partial charge in [-0.05, 0) is 23.6 Å². The van der Waals surface area contributed by atoms with Gasteiger partial charge in [-0.3, -0.25) is 10.1 Å². The zero-order valence-corrected chi connectivity index (χ0v) is 11.8. The van der Waals surface area contributed by atoms with Gasteiger partial charge in [-0.15, -0.1) is 0 Å². The molecule has 0 aromatic heterocycles. The van der Waals surface area contributed by atoms with Crippen molar-refractivity contribution in [1.29, 1.82) is 0 Å². The number of nitrogens with zero attached hydrogens (tertiary/aromatic N) is 2. The van der Waals surface area contributed by atoms with Crippen LogP contribution in [0.2, 0.25) is 0 Å². The van der Waals surface area contributed by atoms with Crippen LogP contribution in [0.4, 0.5) is 5.69 Å². The molecule has 0 spiro atoms. The minimum atomic E-state index is -0.500. The first-order valence-electron chi connectivity index (χ1n) is 6.43. The van der Waals surface area contributed by atoms with Gasteiger partial charge in [-0.1, -0.05) is 49.6 Å². The van der Waals surface area contributed by atoms with Crippen molar-refractivity contribution in [2.45, 2.75) is 6.42 Å². The van der Waals surface area contributed by atoms with Crippen LogP contribution in [0.3, 0.4) is 0 Å². The summed E-state index contributed by atoms with van der Waals surface area (Å²) >= 11 is 0. The van der Waals surface area contributed by atoms with Gasteiger partial charge in [-0.2, -0.15) is 0 Å². The highest BCUT2D eigenvalue weighted by molar-refractivity contribution is 5.59. The van der Waals surface area contributed by atoms with E-state index in [4.69, 9.17) is 10.1 Å². The molecule has 0 radical (unpaired) electrons. The monoisotopic (exact) mass is 272 g/mol. The number of para-hydroxylation sites is 1. The summed E-state index contributed by atoms with van der Waals surface area (Å²) in [4.78, 5) is 10.7. The minimum Gasteiger partial charge on any atom is -0.367 e. The lowest BCUT2D eigenvalue weighted by molar-refractivity contribution is -0.445. The summed E-state index contributed by atoms with van der Waals surface area (Å²) in [5, 5.41) is 8.81. The van der Waals surface area contributed by atoms with Crippen molar-refractivity contribution >= 4 is 5.69 Å². The minimum absolute atomic E-state index is 0.500. The van der Waals surface area contributed by atoms with Gasteiger partial charge in [0.25, 0.3) is 0 Å². The molecular formula is C16H20N2O2. The Labute approximate surface area is 119 Å². The molecule has 0 bridgehead atoms. The topological polar surface area (TPSA) is 46.4 Å². The Bertz CT molecular complexity index is 517. The number of hydrogen-bond acceptors (Lipinski definition) is 3. The Hall–Kier alpha value is -2.36. The maximum absolute atomic E-state index is 8.81. The zero-order chi connectivity index (χ0) is 15.0. The van der Waals surface area contributed by atoms with Crippen LogP contribution in [0.5, 0.6) is 0 Å². The SMILES string of the molecule is C=C/C=C(\C=C)CN1CCc2ccccc21.C[N+](=O)[O-]. The number of anilines is 1. The van der Waals surface area contributed by atoms with Crippen LogP contribution in [-0.2, 0) is 6.42 Å². The maximum Gasteiger partial charge on any atom is 0.194 e. The Morgan fingerprint density at radius 2 is 2.10 bits per heavy atom. The van der Waals surface area contributed by atoms with E-state index in [1.807, 2.05) is 18.2 Å². The molecule has 0 aliphatic carbocycles. The first-order chi connectivity index (χ1) is 9.58. The standard InChI is InChI=1S/C15H17N.CH3NO2/c1-3-7-13(4-2)12-16-11-10-14-8-5-6-9-15(14)16;1-2(3)4/h3-9H,1-2,10-12H2;1H3/b13-7+;. The number of benzene rings is 1. The molecule has 1 aliphatic heterocycles. The van der Waals surface area contributed by atoms with Crippen LogP contribution < -0.4 is 4.90 Å². The van der Waals surface area contributed by atoms with Crippen molar-refractivity contribution in [1.82, 2.24) is 0 Å². The number of rotatable bonds is 4. The van der Waals surface area contributed by atoms with E-state index in [1.165, 1.54) is 16.8 Å². The maximum atomic E-state index is 8.81. The number of nitro groups is 1. The fourth-order valence-electron chi connectivity index (χ4n) is 2.13. The molecule has 0 N–H and O–H groups in total. The van der Waals surface area contributed by atoms with Crippen molar-refractivity contribution in [2.24, 2.45) is 0 Å². The third-order valence-corrected chi connectivity index (χ3v) is 2.95. The van der Waals surface area contributed by atoms with E-state index < -0.39 is 4.92 Å². The lowest BCUT2D eigenvalue weighted by Crippen LogP contribution is -2.22. The summed E-state index contributed by atoms with van der Waals surface area (Å²) in [7, 11) is 0.889. The van der Waals surface area contributed by atoms with E-state index in [0.29, 0.717) is 0 Å². The van der Waals surface area contributed by atoms with Crippen molar-refractivity contribution in [3.8, 4) is 0 Å². The van der Waals surface area contributed by atoms with Crippen LogP contribution in [0, 0.1) is 10.1 Å². The molecule has 4 heteroatoms. The summed E-state index contributed by atoms with van der Waals surface area (Å²) in [6.45, 7) is 9.58. The molecule has 0 unspecified atom stereocenters. The third kappa shape index (κ3) is 4.72. The number of fused-ring (bicyclic) bond motifs is 1. The molecule has 106 valence electrons. The summed E-state index contributed by atoms with van der Waals surface area (Å²) in [6.07, 6.45) is 6.89. The fourth-order valence-corrected chi connectivity index (χ4v) is 2.13. The molecule has 0 saturated heterocycles. The number of hydrogen-bond donors (Lipinski definition) is 0. The Balaban J connectivity index is 0.000000444. The predicted molar refractivity (Wildman–Crippen MR) is 83.8 cm³/mol. The molecule has 1 aliphatic rings. The van der Waals surface area contributed by atoms with E-state index >= 15 is 0 Å². The van der Waals surface area contributed by atoms with Gasteiger partial charge in [-0.25, -0.2) is 0 Å². The van der Waals surface area contributed by atoms with Crippen molar-refractivity contribution in [3.05, 3.63) is 76.9 Å². The molecule has 1 aromatic rings. The zero-order valence-electron chi connectivity index (χ0n) is 11.8. The molecule has 1 heterocycles. The lowest BCUT2D eigenvalue weighted by atomic mass is 10.2. The van der Waals surface area contributed by atoms with Gasteiger partial charge in [0.05, 0.1) is 0 Å². The van der Waals surface area contributed by atoms with Gasteiger partial charge in [0.1, 0.15) is 0 Å². The quantitative estimate of drug-likeness (QED) is 0.480. The summed E-state index contributed by atoms with van der Waals surface area (Å²) < 4.78 is 0. The van der Waals surface area contributed by atoms with Gasteiger partial charge >= 0.3 is 0 Å². The van der Waals surface area contributed by atoms with Crippen molar-refractivity contribution in [2.75, 3.05) is 25.0 Å². The highest BCUT2D eigenvalue weighted by Crippen LogP contribution is 2.27. The average Bonchev–Trinajstić information content (AvgIpc) is 2.81. The normalized spacial score (nSPS) is 13.1. The van der Waals surface area contributed by atoms with E-state index in [2.05, 4.69) is 42.3 Å². The van der Waals surface area contributed by atoms with Crippen LogP contribution >= 0.6 is 0 Å². The molecule has 0 atom stereocenters. The van der Waals surface area contributed by atoms with Crippen molar-refractivity contribution in [3.63, 3.8) is 0 Å². The third-order valence-electron chi connectivity index (χ3n) is 2.95. The second kappa shape index (κ2) is 7.94. The molecule has 0 amide bonds. The van der Waals surface area contributed by atoms with Crippen LogP contribution in [0.25, 0.3) is 0 Å². The number of allylic oxidation sites excluding steroid dienone is 2. The molecule has 4 nitrogen and oxygen atoms in total. The molecule has 1 aromatic carbocycles. The predicted octanol–water partition coefficient (Wildman–Crippen LogP) is 3.24. The highest BCUT2D eigenvalue weighted by atomic mass is 16.6. The highest BCUT2D eigenvalue weighted by Gasteiger charge is 2.17. The largest absolute Gasteiger partial charge is 0.367 e. The van der Waals surface area contributed by atoms with E-state index in [9.17, 15) is 0 Å². The molecular weight excluding hydrogens is 252 g/mol. The Morgan fingerprint density at radius 3 is 2.70 bits per heavy atom. The Kier molecular flexibility index (Phi) is 6.23. The van der Waals surface area contributed by atoms with Crippen LogP contribution in [-0.4, -0.2) is 25.1 Å². The fraction of sp³-hybridized carbons (Fsp3) is 0.250. The molecule has 2 rings (SSSR count). The first-order valence-corrected chi connectivity index (χ1v) is 6.43. The van der Waals surface area contributed by atoms with E-state index in [-0.39, 0.29) is 0 Å². The second-order valence-electron chi connectivity index (χ2n) is 4.42. The summed E-state index contributed by atoms with van der Waals surface area (Å²) in [6, 6.07) is 8.61. The summed E-state index contributed by atoms with van der Waals surface area (Å²) in [5.74, 6) is 0. The van der Waals surface area contributed by atoms with Crippen molar-refractivity contribution < 1.29 is 4.92 Å². The Morgan fingerprint density at radius 1 is 1.45 bits per heavy atom. The van der Waals surface area contributed by atoms with Crippen LogP contribution in [0.1, 0.15) is 5.56 Å². The van der Waals surface area contributed by atoms with Gasteiger partial charge in [0, 0.05) is 23.7 Å². The first kappa shape index (κ1) is 15.7. The molecule has 0 fully saturated rings. The lowest BCUT2D eigenvalue weighted by Gasteiger charge is -2.19. The van der Waals surface area contributed by atoms with Crippen LogP contribution in [0.15, 0.2) is 61.2 Å². The van der Waals surface area contributed by atoms with Gasteiger partial charge < -0.3 is 4.90 Å². The second-order valence-corrected chi connectivity index (χ2v) is 4.42. The van der Waals surface area contributed by atoms with Gasteiger partial charge in [0.15, 0.2) is 7.05 Å². The average molecular weight is 272 g/mol. The smallest absolute Gasteiger partial charge is 0.194 e. The molecule has 20 heavy (non-hydrogen) atoms. The van der Waals surface area contributed by atoms with Gasteiger partial charge in [0.2, 0.25) is 0 Å². The summed E-state index contributed by atoms with van der Waals surface area (Å²) in [5.41, 5.74) is 4.02. The van der Waals surface area contributed by atoms with E-state index in [1.54, 1.807) is 0 Å². The molecule has 0 saturated carbocycles. The van der Waals surface area contributed by atoms with E-state index in [0.717, 1.165) is 26.6 Å².